The van der Waals surface area contributed by atoms with Crippen molar-refractivity contribution < 1.29 is 4.39 Å². The highest BCUT2D eigenvalue weighted by molar-refractivity contribution is 6.30. The van der Waals surface area contributed by atoms with Gasteiger partial charge >= 0.3 is 0 Å². The maximum absolute atomic E-state index is 13.3. The van der Waals surface area contributed by atoms with Crippen molar-refractivity contribution in [3.05, 3.63) is 34.6 Å². The van der Waals surface area contributed by atoms with Crippen molar-refractivity contribution in [2.24, 2.45) is 5.73 Å². The van der Waals surface area contributed by atoms with Crippen LogP contribution in [0.1, 0.15) is 25.3 Å². The fourth-order valence-corrected chi connectivity index (χ4v) is 1.85. The quantitative estimate of drug-likeness (QED) is 0.815. The van der Waals surface area contributed by atoms with Crippen LogP contribution in [0.5, 0.6) is 0 Å². The normalized spacial score (nSPS) is 11.1. The molecule has 0 aromatic heterocycles. The Labute approximate surface area is 108 Å². The molecule has 2 N–H and O–H groups in total. The number of rotatable bonds is 7. The summed E-state index contributed by atoms with van der Waals surface area (Å²) in [5.74, 6) is -0.354. The highest BCUT2D eigenvalue weighted by Gasteiger charge is 2.06. The van der Waals surface area contributed by atoms with Gasteiger partial charge in [-0.25, -0.2) is 4.39 Å². The van der Waals surface area contributed by atoms with Gasteiger partial charge in [-0.2, -0.15) is 0 Å². The predicted molar refractivity (Wildman–Crippen MR) is 70.6 cm³/mol. The minimum Gasteiger partial charge on any atom is -0.329 e. The predicted octanol–water partition coefficient (Wildman–Crippen LogP) is 3.04. The highest BCUT2D eigenvalue weighted by atomic mass is 35.5. The van der Waals surface area contributed by atoms with Gasteiger partial charge in [-0.1, -0.05) is 31.0 Å². The lowest BCUT2D eigenvalue weighted by atomic mass is 10.2. The van der Waals surface area contributed by atoms with Crippen molar-refractivity contribution in [2.75, 3.05) is 19.6 Å². The number of unbranched alkanes of at least 4 members (excludes halogenated alkanes) is 1. The van der Waals surface area contributed by atoms with Crippen LogP contribution in [0, 0.1) is 5.82 Å². The first-order chi connectivity index (χ1) is 8.17. The molecule has 0 aliphatic heterocycles. The SMILES string of the molecule is CCCCN(CCN)Cc1ccc(Cl)c(F)c1. The Balaban J connectivity index is 2.61. The molecule has 0 saturated heterocycles. The summed E-state index contributed by atoms with van der Waals surface area (Å²) in [4.78, 5) is 2.24. The summed E-state index contributed by atoms with van der Waals surface area (Å²) in [5, 5.41) is 0.174. The lowest BCUT2D eigenvalue weighted by Crippen LogP contribution is -2.30. The molecule has 96 valence electrons. The second-order valence-corrected chi connectivity index (χ2v) is 4.57. The summed E-state index contributed by atoms with van der Waals surface area (Å²) in [6.07, 6.45) is 2.28. The highest BCUT2D eigenvalue weighted by Crippen LogP contribution is 2.16. The monoisotopic (exact) mass is 258 g/mol. The van der Waals surface area contributed by atoms with Crippen LogP contribution < -0.4 is 5.73 Å². The van der Waals surface area contributed by atoms with Gasteiger partial charge in [-0.3, -0.25) is 4.90 Å². The number of benzene rings is 1. The van der Waals surface area contributed by atoms with Crippen LogP contribution in [-0.2, 0) is 6.54 Å². The maximum Gasteiger partial charge on any atom is 0.142 e. The van der Waals surface area contributed by atoms with Gasteiger partial charge in [-0.15, -0.1) is 0 Å². The fraction of sp³-hybridized carbons (Fsp3) is 0.538. The molecule has 2 nitrogen and oxygen atoms in total. The van der Waals surface area contributed by atoms with Gasteiger partial charge in [0.25, 0.3) is 0 Å². The third-order valence-electron chi connectivity index (χ3n) is 2.66. The average Bonchev–Trinajstić information content (AvgIpc) is 2.31. The molecule has 0 aliphatic rings. The van der Waals surface area contributed by atoms with Crippen LogP contribution >= 0.6 is 11.6 Å². The van der Waals surface area contributed by atoms with E-state index < -0.39 is 0 Å². The third-order valence-corrected chi connectivity index (χ3v) is 2.97. The summed E-state index contributed by atoms with van der Waals surface area (Å²) in [6.45, 7) is 5.34. The van der Waals surface area contributed by atoms with Crippen LogP contribution in [0.2, 0.25) is 5.02 Å². The number of halogens is 2. The molecule has 0 atom stereocenters. The number of hydrogen-bond donors (Lipinski definition) is 1. The minimum absolute atomic E-state index is 0.174. The second kappa shape index (κ2) is 7.64. The molecular formula is C13H20ClFN2. The zero-order chi connectivity index (χ0) is 12.7. The second-order valence-electron chi connectivity index (χ2n) is 4.17. The van der Waals surface area contributed by atoms with E-state index in [1.54, 1.807) is 6.07 Å². The van der Waals surface area contributed by atoms with E-state index in [9.17, 15) is 4.39 Å². The molecule has 1 aromatic rings. The van der Waals surface area contributed by atoms with E-state index in [1.807, 2.05) is 6.07 Å². The van der Waals surface area contributed by atoms with Crippen molar-refractivity contribution in [3.8, 4) is 0 Å². The van der Waals surface area contributed by atoms with Gasteiger partial charge in [0.1, 0.15) is 5.82 Å². The van der Waals surface area contributed by atoms with Gasteiger partial charge in [0.15, 0.2) is 0 Å². The Morgan fingerprint density at radius 1 is 1.35 bits per heavy atom. The van der Waals surface area contributed by atoms with Gasteiger partial charge < -0.3 is 5.73 Å². The maximum atomic E-state index is 13.3. The Morgan fingerprint density at radius 3 is 2.71 bits per heavy atom. The van der Waals surface area contributed by atoms with Crippen molar-refractivity contribution in [2.45, 2.75) is 26.3 Å². The third kappa shape index (κ3) is 5.02. The zero-order valence-corrected chi connectivity index (χ0v) is 11.0. The van der Waals surface area contributed by atoms with Crippen molar-refractivity contribution in [1.82, 2.24) is 4.90 Å². The largest absolute Gasteiger partial charge is 0.329 e. The van der Waals surface area contributed by atoms with Crippen LogP contribution in [0.3, 0.4) is 0 Å². The van der Waals surface area contributed by atoms with E-state index >= 15 is 0 Å². The number of hydrogen-bond acceptors (Lipinski definition) is 2. The van der Waals surface area contributed by atoms with E-state index in [0.29, 0.717) is 6.54 Å². The van der Waals surface area contributed by atoms with Gasteiger partial charge in [0.2, 0.25) is 0 Å². The van der Waals surface area contributed by atoms with E-state index in [0.717, 1.165) is 38.0 Å². The summed E-state index contributed by atoms with van der Waals surface area (Å²) >= 11 is 5.65. The van der Waals surface area contributed by atoms with Crippen molar-refractivity contribution in [1.29, 1.82) is 0 Å². The van der Waals surface area contributed by atoms with E-state index in [2.05, 4.69) is 11.8 Å². The molecule has 0 radical (unpaired) electrons. The zero-order valence-electron chi connectivity index (χ0n) is 10.3. The Kier molecular flexibility index (Phi) is 6.48. The molecule has 0 amide bonds. The van der Waals surface area contributed by atoms with Crippen LogP contribution in [0.4, 0.5) is 4.39 Å². The van der Waals surface area contributed by atoms with Crippen LogP contribution in [-0.4, -0.2) is 24.5 Å². The Morgan fingerprint density at radius 2 is 2.12 bits per heavy atom. The molecule has 0 spiro atoms. The summed E-state index contributed by atoms with van der Waals surface area (Å²) in [6, 6.07) is 4.96. The Bertz CT molecular complexity index is 344. The molecule has 0 bridgehead atoms. The topological polar surface area (TPSA) is 29.3 Å². The molecule has 1 aromatic carbocycles. The summed E-state index contributed by atoms with van der Waals surface area (Å²) < 4.78 is 13.3. The van der Waals surface area contributed by atoms with E-state index in [4.69, 9.17) is 17.3 Å². The first-order valence-electron chi connectivity index (χ1n) is 6.03. The molecule has 0 unspecified atom stereocenters. The van der Waals surface area contributed by atoms with E-state index in [-0.39, 0.29) is 10.8 Å². The molecule has 0 aliphatic carbocycles. The number of nitrogens with two attached hydrogens (primary N) is 1. The van der Waals surface area contributed by atoms with Gasteiger partial charge in [0, 0.05) is 19.6 Å². The van der Waals surface area contributed by atoms with Crippen molar-refractivity contribution in [3.63, 3.8) is 0 Å². The lowest BCUT2D eigenvalue weighted by molar-refractivity contribution is 0.268. The summed E-state index contributed by atoms with van der Waals surface area (Å²) in [5.41, 5.74) is 6.51. The molecule has 0 fully saturated rings. The molecule has 0 heterocycles. The minimum atomic E-state index is -0.354. The van der Waals surface area contributed by atoms with Gasteiger partial charge in [-0.05, 0) is 30.7 Å². The standard InChI is InChI=1S/C13H20ClFN2/c1-2-3-7-17(8-6-16)10-11-4-5-12(14)13(15)9-11/h4-5,9H,2-3,6-8,10,16H2,1H3. The van der Waals surface area contributed by atoms with Gasteiger partial charge in [0.05, 0.1) is 5.02 Å². The lowest BCUT2D eigenvalue weighted by Gasteiger charge is -2.21. The van der Waals surface area contributed by atoms with Crippen LogP contribution in [0.25, 0.3) is 0 Å². The first kappa shape index (κ1) is 14.4. The fourth-order valence-electron chi connectivity index (χ4n) is 1.73. The molecule has 4 heteroatoms. The van der Waals surface area contributed by atoms with Crippen molar-refractivity contribution >= 4 is 11.6 Å². The summed E-state index contributed by atoms with van der Waals surface area (Å²) in [7, 11) is 0. The molecule has 17 heavy (non-hydrogen) atoms. The molecular weight excluding hydrogens is 239 g/mol. The van der Waals surface area contributed by atoms with E-state index in [1.165, 1.54) is 6.07 Å². The smallest absolute Gasteiger partial charge is 0.142 e. The van der Waals surface area contributed by atoms with Crippen LogP contribution in [0.15, 0.2) is 18.2 Å². The number of nitrogens with zero attached hydrogens (tertiary/aromatic N) is 1. The molecule has 1 rings (SSSR count). The molecule has 0 saturated carbocycles. The first-order valence-corrected chi connectivity index (χ1v) is 6.41. The Hall–Kier alpha value is -0.640. The average molecular weight is 259 g/mol.